The SMILES string of the molecule is Cn1c(=O)c2c(CC(=O)Nc3nc(-c4cccc(C(F)(F)F)c4)cs3)snc2n(C)c1=O. The standard InChI is InChI=1S/C19H14F3N5O3S2/c1-26-15-14(16(29)27(2)18(26)30)12(32-25-15)7-13(28)24-17-23-11(8-31-17)9-4-3-5-10(6-9)19(20,21)22/h3-6,8H,7H2,1-2H3,(H,23,24,28). The van der Waals surface area contributed by atoms with Gasteiger partial charge in [-0.05, 0) is 23.7 Å². The third-order valence-corrected chi connectivity index (χ3v) is 6.30. The molecule has 13 heteroatoms. The van der Waals surface area contributed by atoms with Gasteiger partial charge in [0, 0.05) is 29.9 Å². The molecule has 1 N–H and O–H groups in total. The van der Waals surface area contributed by atoms with Gasteiger partial charge in [0.15, 0.2) is 10.8 Å². The van der Waals surface area contributed by atoms with Gasteiger partial charge in [-0.3, -0.25) is 18.7 Å². The first-order chi connectivity index (χ1) is 15.1. The van der Waals surface area contributed by atoms with E-state index in [1.165, 1.54) is 30.8 Å². The van der Waals surface area contributed by atoms with Gasteiger partial charge in [0.25, 0.3) is 5.56 Å². The van der Waals surface area contributed by atoms with Crippen LogP contribution in [-0.2, 0) is 31.5 Å². The highest BCUT2D eigenvalue weighted by Crippen LogP contribution is 2.33. The van der Waals surface area contributed by atoms with Crippen molar-refractivity contribution >= 4 is 44.9 Å². The summed E-state index contributed by atoms with van der Waals surface area (Å²) in [6.07, 6.45) is -4.64. The van der Waals surface area contributed by atoms with Gasteiger partial charge >= 0.3 is 11.9 Å². The number of halogens is 3. The lowest BCUT2D eigenvalue weighted by Gasteiger charge is -2.07. The number of carbonyl (C=O) groups is 1. The number of rotatable bonds is 4. The zero-order chi connectivity index (χ0) is 23.2. The summed E-state index contributed by atoms with van der Waals surface area (Å²) >= 11 is 2.01. The lowest BCUT2D eigenvalue weighted by Crippen LogP contribution is -2.37. The molecule has 4 aromatic rings. The van der Waals surface area contributed by atoms with Gasteiger partial charge in [-0.25, -0.2) is 9.78 Å². The van der Waals surface area contributed by atoms with Crippen LogP contribution in [0.5, 0.6) is 0 Å². The van der Waals surface area contributed by atoms with Crippen LogP contribution in [0.25, 0.3) is 22.3 Å². The second-order valence-electron chi connectivity index (χ2n) is 6.85. The lowest BCUT2D eigenvalue weighted by molar-refractivity contribution is -0.137. The zero-order valence-electron chi connectivity index (χ0n) is 16.6. The van der Waals surface area contributed by atoms with Crippen molar-refractivity contribution in [2.24, 2.45) is 14.1 Å². The number of carbonyl (C=O) groups excluding carboxylic acids is 1. The van der Waals surface area contributed by atoms with Crippen LogP contribution in [-0.4, -0.2) is 24.4 Å². The molecule has 3 heterocycles. The maximum Gasteiger partial charge on any atom is 0.416 e. The van der Waals surface area contributed by atoms with Crippen molar-refractivity contribution in [1.82, 2.24) is 18.5 Å². The number of benzene rings is 1. The van der Waals surface area contributed by atoms with E-state index in [0.717, 1.165) is 39.6 Å². The molecule has 0 atom stereocenters. The summed E-state index contributed by atoms with van der Waals surface area (Å²) < 4.78 is 45.1. The summed E-state index contributed by atoms with van der Waals surface area (Å²) in [4.78, 5) is 41.6. The van der Waals surface area contributed by atoms with E-state index in [-0.39, 0.29) is 28.1 Å². The van der Waals surface area contributed by atoms with Crippen molar-refractivity contribution in [3.05, 3.63) is 60.9 Å². The van der Waals surface area contributed by atoms with Crippen LogP contribution in [0.3, 0.4) is 0 Å². The number of aryl methyl sites for hydroxylation is 1. The molecule has 166 valence electrons. The topological polar surface area (TPSA) is 98.9 Å². The number of alkyl halides is 3. The van der Waals surface area contributed by atoms with Crippen molar-refractivity contribution < 1.29 is 18.0 Å². The van der Waals surface area contributed by atoms with Crippen LogP contribution in [0.1, 0.15) is 10.4 Å². The highest BCUT2D eigenvalue weighted by molar-refractivity contribution is 7.14. The van der Waals surface area contributed by atoms with E-state index < -0.39 is 28.9 Å². The summed E-state index contributed by atoms with van der Waals surface area (Å²) in [7, 11) is 2.83. The minimum atomic E-state index is -4.47. The average Bonchev–Trinajstić information content (AvgIpc) is 3.37. The molecule has 1 amide bonds. The van der Waals surface area contributed by atoms with Gasteiger partial charge in [0.05, 0.1) is 23.1 Å². The average molecular weight is 481 g/mol. The number of aromatic nitrogens is 4. The summed E-state index contributed by atoms with van der Waals surface area (Å²) in [5.74, 6) is -0.476. The molecule has 4 rings (SSSR count). The second-order valence-corrected chi connectivity index (χ2v) is 8.57. The number of anilines is 1. The summed E-state index contributed by atoms with van der Waals surface area (Å²) in [5.41, 5.74) is -1.08. The maximum absolute atomic E-state index is 12.9. The summed E-state index contributed by atoms with van der Waals surface area (Å²) in [5, 5.41) is 4.53. The zero-order valence-corrected chi connectivity index (χ0v) is 18.2. The van der Waals surface area contributed by atoms with E-state index in [2.05, 4.69) is 14.7 Å². The Morgan fingerprint density at radius 1 is 1.19 bits per heavy atom. The van der Waals surface area contributed by atoms with Gasteiger partial charge in [0.1, 0.15) is 0 Å². The van der Waals surface area contributed by atoms with E-state index in [1.54, 1.807) is 5.38 Å². The predicted octanol–water partition coefficient (Wildman–Crippen LogP) is 3.02. The van der Waals surface area contributed by atoms with E-state index in [4.69, 9.17) is 0 Å². The number of nitrogens with zero attached hydrogens (tertiary/aromatic N) is 4. The first kappa shape index (κ1) is 21.9. The molecule has 0 saturated carbocycles. The van der Waals surface area contributed by atoms with E-state index in [0.29, 0.717) is 10.6 Å². The normalized spacial score (nSPS) is 11.8. The molecule has 0 spiro atoms. The van der Waals surface area contributed by atoms with Gasteiger partial charge in [-0.1, -0.05) is 12.1 Å². The Balaban J connectivity index is 1.55. The Kier molecular flexibility index (Phi) is 5.46. The Morgan fingerprint density at radius 2 is 1.94 bits per heavy atom. The molecule has 0 aliphatic rings. The van der Waals surface area contributed by atoms with Crippen molar-refractivity contribution in [3.63, 3.8) is 0 Å². The van der Waals surface area contributed by atoms with Crippen molar-refractivity contribution in [1.29, 1.82) is 0 Å². The second kappa shape index (κ2) is 7.98. The number of hydrogen-bond donors (Lipinski definition) is 1. The van der Waals surface area contributed by atoms with E-state index >= 15 is 0 Å². The molecule has 0 fully saturated rings. The smallest absolute Gasteiger partial charge is 0.302 e. The van der Waals surface area contributed by atoms with Crippen molar-refractivity contribution in [3.8, 4) is 11.3 Å². The van der Waals surface area contributed by atoms with Crippen molar-refractivity contribution in [2.45, 2.75) is 12.6 Å². The van der Waals surface area contributed by atoms with Gasteiger partial charge in [-0.2, -0.15) is 17.5 Å². The lowest BCUT2D eigenvalue weighted by atomic mass is 10.1. The third-order valence-electron chi connectivity index (χ3n) is 4.71. The number of thiazole rings is 1. The fraction of sp³-hybridized carbons (Fsp3) is 0.211. The molecule has 0 bridgehead atoms. The van der Waals surface area contributed by atoms with Crippen LogP contribution in [0.15, 0.2) is 39.2 Å². The van der Waals surface area contributed by atoms with E-state index in [9.17, 15) is 27.6 Å². The minimum Gasteiger partial charge on any atom is -0.302 e. The first-order valence-corrected chi connectivity index (χ1v) is 10.7. The maximum atomic E-state index is 12.9. The predicted molar refractivity (Wildman–Crippen MR) is 115 cm³/mol. The Labute approximate surface area is 185 Å². The molecule has 0 aliphatic carbocycles. The van der Waals surface area contributed by atoms with Gasteiger partial charge in [0.2, 0.25) is 5.91 Å². The van der Waals surface area contributed by atoms with Crippen LogP contribution < -0.4 is 16.6 Å². The van der Waals surface area contributed by atoms with Crippen LogP contribution in [0.2, 0.25) is 0 Å². The molecular weight excluding hydrogens is 467 g/mol. The van der Waals surface area contributed by atoms with E-state index in [1.807, 2.05) is 0 Å². The largest absolute Gasteiger partial charge is 0.416 e. The molecule has 3 aromatic heterocycles. The van der Waals surface area contributed by atoms with Gasteiger partial charge < -0.3 is 5.32 Å². The first-order valence-electron chi connectivity index (χ1n) is 9.03. The third kappa shape index (κ3) is 3.96. The number of nitrogens with one attached hydrogen (secondary N) is 1. The Hall–Kier alpha value is -3.32. The molecule has 0 radical (unpaired) electrons. The quantitative estimate of drug-likeness (QED) is 0.483. The van der Waals surface area contributed by atoms with Gasteiger partial charge in [-0.15, -0.1) is 11.3 Å². The molecule has 0 unspecified atom stereocenters. The minimum absolute atomic E-state index is 0.174. The Morgan fingerprint density at radius 3 is 2.66 bits per heavy atom. The molecule has 8 nitrogen and oxygen atoms in total. The highest BCUT2D eigenvalue weighted by Gasteiger charge is 2.30. The van der Waals surface area contributed by atoms with Crippen LogP contribution >= 0.6 is 22.9 Å². The molecular formula is C19H14F3N5O3S2. The fourth-order valence-corrected chi connectivity index (χ4v) is 4.69. The molecule has 1 aromatic carbocycles. The van der Waals surface area contributed by atoms with Crippen molar-refractivity contribution in [2.75, 3.05) is 5.32 Å². The summed E-state index contributed by atoms with van der Waals surface area (Å²) in [6.45, 7) is 0. The monoisotopic (exact) mass is 481 g/mol. The fourth-order valence-electron chi connectivity index (χ4n) is 3.08. The van der Waals surface area contributed by atoms with Crippen LogP contribution in [0, 0.1) is 0 Å². The highest BCUT2D eigenvalue weighted by atomic mass is 32.1. The number of fused-ring (bicyclic) bond motifs is 1. The van der Waals surface area contributed by atoms with Crippen LogP contribution in [0.4, 0.5) is 18.3 Å². The molecule has 0 saturated heterocycles. The molecule has 32 heavy (non-hydrogen) atoms. The molecule has 0 aliphatic heterocycles. The number of hydrogen-bond acceptors (Lipinski definition) is 7. The number of amides is 1. The summed E-state index contributed by atoms with van der Waals surface area (Å²) in [6, 6.07) is 4.75. The Bertz CT molecular complexity index is 1470.